The van der Waals surface area contributed by atoms with Gasteiger partial charge < -0.3 is 9.67 Å². The Labute approximate surface area is 128 Å². The van der Waals surface area contributed by atoms with Crippen LogP contribution in [0.4, 0.5) is 0 Å². The van der Waals surface area contributed by atoms with Gasteiger partial charge in [0.05, 0.1) is 12.3 Å². The molecule has 0 radical (unpaired) electrons. The molecule has 0 unspecified atom stereocenters. The molecule has 0 aliphatic heterocycles. The van der Waals surface area contributed by atoms with Crippen molar-refractivity contribution < 1.29 is 9.90 Å². The number of aryl methyl sites for hydroxylation is 1. The normalized spacial score (nSPS) is 11.0. The van der Waals surface area contributed by atoms with Gasteiger partial charge in [-0.05, 0) is 24.5 Å². The third-order valence-electron chi connectivity index (χ3n) is 3.08. The summed E-state index contributed by atoms with van der Waals surface area (Å²) in [4.78, 5) is 19.4. The number of carbonyl (C=O) groups is 1. The molecule has 0 fully saturated rings. The second kappa shape index (κ2) is 6.76. The van der Waals surface area contributed by atoms with E-state index in [1.165, 1.54) is 11.8 Å². The minimum atomic E-state index is -0.836. The van der Waals surface area contributed by atoms with Gasteiger partial charge in [-0.2, -0.15) is 0 Å². The van der Waals surface area contributed by atoms with Gasteiger partial charge in [0, 0.05) is 23.8 Å². The number of imidazole rings is 1. The molecule has 0 amide bonds. The average molecular weight is 305 g/mol. The van der Waals surface area contributed by atoms with Crippen molar-refractivity contribution in [1.82, 2.24) is 14.5 Å². The number of carboxylic acids is 1. The van der Waals surface area contributed by atoms with E-state index in [0.717, 1.165) is 22.1 Å². The number of carboxylic acid groups (broad SMARTS) is 1. The summed E-state index contributed by atoms with van der Waals surface area (Å²) in [5.41, 5.74) is 3.16. The van der Waals surface area contributed by atoms with E-state index in [0.29, 0.717) is 12.5 Å². The van der Waals surface area contributed by atoms with Crippen molar-refractivity contribution in [2.75, 3.05) is 5.75 Å². The molecule has 0 aliphatic carbocycles. The molecule has 0 aromatic carbocycles. The van der Waals surface area contributed by atoms with Crippen molar-refractivity contribution in [2.45, 2.75) is 38.4 Å². The summed E-state index contributed by atoms with van der Waals surface area (Å²) in [6, 6.07) is 4.02. The molecular weight excluding hydrogens is 286 g/mol. The number of hydrogen-bond acceptors (Lipinski definition) is 4. The topological polar surface area (TPSA) is 68.0 Å². The predicted octanol–water partition coefficient (Wildman–Crippen LogP) is 2.93. The Morgan fingerprint density at radius 3 is 2.67 bits per heavy atom. The highest BCUT2D eigenvalue weighted by Crippen LogP contribution is 2.24. The zero-order valence-corrected chi connectivity index (χ0v) is 13.2. The van der Waals surface area contributed by atoms with E-state index in [9.17, 15) is 4.79 Å². The van der Waals surface area contributed by atoms with Crippen LogP contribution in [0, 0.1) is 6.92 Å². The first kappa shape index (κ1) is 15.6. The third kappa shape index (κ3) is 4.07. The van der Waals surface area contributed by atoms with Crippen LogP contribution in [-0.4, -0.2) is 31.4 Å². The summed E-state index contributed by atoms with van der Waals surface area (Å²) < 4.78 is 2.07. The van der Waals surface area contributed by atoms with Crippen LogP contribution in [0.15, 0.2) is 29.7 Å². The molecule has 5 nitrogen and oxygen atoms in total. The molecule has 21 heavy (non-hydrogen) atoms. The molecule has 0 aliphatic rings. The smallest absolute Gasteiger partial charge is 0.313 e. The fourth-order valence-electron chi connectivity index (χ4n) is 2.01. The molecule has 1 N–H and O–H groups in total. The van der Waals surface area contributed by atoms with Gasteiger partial charge in [-0.25, -0.2) is 4.98 Å². The average Bonchev–Trinajstić information content (AvgIpc) is 2.82. The number of thioether (sulfide) groups is 1. The van der Waals surface area contributed by atoms with Gasteiger partial charge in [-0.1, -0.05) is 31.7 Å². The molecule has 2 aromatic rings. The Morgan fingerprint density at radius 1 is 1.33 bits per heavy atom. The van der Waals surface area contributed by atoms with Gasteiger partial charge in [-0.15, -0.1) is 0 Å². The molecule has 0 bridgehead atoms. The standard InChI is InChI=1S/C15H19N3O2S/c1-10(2)13-7-17-15(21-9-14(19)20)18(13)8-12-5-4-11(3)16-6-12/h4-7,10H,8-9H2,1-3H3,(H,19,20). The lowest BCUT2D eigenvalue weighted by Gasteiger charge is -2.13. The Kier molecular flexibility index (Phi) is 5.01. The highest BCUT2D eigenvalue weighted by atomic mass is 32.2. The lowest BCUT2D eigenvalue weighted by atomic mass is 10.1. The Balaban J connectivity index is 2.27. The molecule has 0 atom stereocenters. The van der Waals surface area contributed by atoms with Gasteiger partial charge in [0.2, 0.25) is 0 Å². The van der Waals surface area contributed by atoms with Crippen LogP contribution in [0.2, 0.25) is 0 Å². The first-order valence-electron chi connectivity index (χ1n) is 6.79. The van der Waals surface area contributed by atoms with Crippen LogP contribution in [-0.2, 0) is 11.3 Å². The maximum absolute atomic E-state index is 10.8. The van der Waals surface area contributed by atoms with Gasteiger partial charge in [-0.3, -0.25) is 9.78 Å². The van der Waals surface area contributed by atoms with Crippen LogP contribution in [0.5, 0.6) is 0 Å². The number of aromatic nitrogens is 3. The molecule has 6 heteroatoms. The number of aliphatic carboxylic acids is 1. The first-order valence-corrected chi connectivity index (χ1v) is 7.77. The fourth-order valence-corrected chi connectivity index (χ4v) is 2.71. The molecule has 0 saturated heterocycles. The summed E-state index contributed by atoms with van der Waals surface area (Å²) in [5.74, 6) is -0.492. The number of pyridine rings is 1. The Hall–Kier alpha value is -1.82. The summed E-state index contributed by atoms with van der Waals surface area (Å²) in [6.07, 6.45) is 3.68. The summed E-state index contributed by atoms with van der Waals surface area (Å²) in [6.45, 7) is 6.82. The van der Waals surface area contributed by atoms with E-state index in [-0.39, 0.29) is 5.75 Å². The Bertz CT molecular complexity index is 620. The molecule has 0 saturated carbocycles. The van der Waals surface area contributed by atoms with Gasteiger partial charge in [0.15, 0.2) is 5.16 Å². The van der Waals surface area contributed by atoms with Gasteiger partial charge >= 0.3 is 5.97 Å². The van der Waals surface area contributed by atoms with Gasteiger partial charge in [0.1, 0.15) is 0 Å². The van der Waals surface area contributed by atoms with Crippen LogP contribution in [0.25, 0.3) is 0 Å². The van der Waals surface area contributed by atoms with Crippen molar-refractivity contribution in [3.8, 4) is 0 Å². The van der Waals surface area contributed by atoms with E-state index in [2.05, 4.69) is 28.4 Å². The second-order valence-corrected chi connectivity index (χ2v) is 6.14. The molecule has 2 rings (SSSR count). The molecular formula is C15H19N3O2S. The summed E-state index contributed by atoms with van der Waals surface area (Å²) >= 11 is 1.25. The van der Waals surface area contributed by atoms with E-state index in [1.807, 2.05) is 31.5 Å². The van der Waals surface area contributed by atoms with Crippen molar-refractivity contribution >= 4 is 17.7 Å². The second-order valence-electron chi connectivity index (χ2n) is 5.20. The number of rotatable bonds is 6. The third-order valence-corrected chi connectivity index (χ3v) is 4.05. The predicted molar refractivity (Wildman–Crippen MR) is 82.8 cm³/mol. The summed E-state index contributed by atoms with van der Waals surface area (Å²) in [7, 11) is 0. The zero-order valence-electron chi connectivity index (χ0n) is 12.4. The quantitative estimate of drug-likeness (QED) is 0.831. The van der Waals surface area contributed by atoms with E-state index in [1.54, 1.807) is 0 Å². The van der Waals surface area contributed by atoms with E-state index >= 15 is 0 Å². The van der Waals surface area contributed by atoms with Crippen molar-refractivity contribution in [3.05, 3.63) is 41.5 Å². The largest absolute Gasteiger partial charge is 0.481 e. The van der Waals surface area contributed by atoms with Crippen molar-refractivity contribution in [3.63, 3.8) is 0 Å². The van der Waals surface area contributed by atoms with E-state index < -0.39 is 5.97 Å². The molecule has 2 heterocycles. The lowest BCUT2D eigenvalue weighted by Crippen LogP contribution is -2.09. The van der Waals surface area contributed by atoms with Crippen molar-refractivity contribution in [1.29, 1.82) is 0 Å². The fraction of sp³-hybridized carbons (Fsp3) is 0.400. The highest BCUT2D eigenvalue weighted by Gasteiger charge is 2.14. The maximum Gasteiger partial charge on any atom is 0.313 e. The maximum atomic E-state index is 10.8. The minimum Gasteiger partial charge on any atom is -0.481 e. The molecule has 112 valence electrons. The van der Waals surface area contributed by atoms with Crippen LogP contribution in [0.1, 0.15) is 36.7 Å². The Morgan fingerprint density at radius 2 is 2.10 bits per heavy atom. The minimum absolute atomic E-state index is 0.0146. The van der Waals surface area contributed by atoms with Crippen LogP contribution >= 0.6 is 11.8 Å². The monoisotopic (exact) mass is 305 g/mol. The number of nitrogens with zero attached hydrogens (tertiary/aromatic N) is 3. The van der Waals surface area contributed by atoms with Gasteiger partial charge in [0.25, 0.3) is 0 Å². The lowest BCUT2D eigenvalue weighted by molar-refractivity contribution is -0.133. The SMILES string of the molecule is Cc1ccc(Cn2c(C(C)C)cnc2SCC(=O)O)cn1. The molecule has 2 aromatic heterocycles. The van der Waals surface area contributed by atoms with Crippen LogP contribution in [0.3, 0.4) is 0 Å². The molecule has 0 spiro atoms. The zero-order chi connectivity index (χ0) is 15.4. The highest BCUT2D eigenvalue weighted by molar-refractivity contribution is 7.99. The van der Waals surface area contributed by atoms with E-state index in [4.69, 9.17) is 5.11 Å². The van der Waals surface area contributed by atoms with Crippen molar-refractivity contribution in [2.24, 2.45) is 0 Å². The summed E-state index contributed by atoms with van der Waals surface area (Å²) in [5, 5.41) is 9.57. The first-order chi connectivity index (χ1) is 9.97. The number of hydrogen-bond donors (Lipinski definition) is 1. The van der Waals surface area contributed by atoms with Crippen LogP contribution < -0.4 is 0 Å².